The van der Waals surface area contributed by atoms with Gasteiger partial charge in [0, 0.05) is 57.2 Å². The van der Waals surface area contributed by atoms with Crippen LogP contribution in [0.1, 0.15) is 6.42 Å². The fourth-order valence-electron chi connectivity index (χ4n) is 2.84. The number of hydrogen-bond acceptors (Lipinski definition) is 7. The number of nitrogens with one attached hydrogen (secondary N) is 1. The molecule has 10 heteroatoms. The summed E-state index contributed by atoms with van der Waals surface area (Å²) in [6.45, 7) is 3.98. The summed E-state index contributed by atoms with van der Waals surface area (Å²) in [6, 6.07) is 7.58. The number of sulfonamides is 1. The summed E-state index contributed by atoms with van der Waals surface area (Å²) in [5.74, 6) is 0.616. The number of amides is 1. The number of carbonyl (C=O) groups is 1. The van der Waals surface area contributed by atoms with Crippen LogP contribution in [0, 0.1) is 0 Å². The van der Waals surface area contributed by atoms with Crippen molar-refractivity contribution in [1.82, 2.24) is 14.9 Å². The lowest BCUT2D eigenvalue weighted by atomic mass is 10.2. The number of piperazine rings is 1. The van der Waals surface area contributed by atoms with Crippen molar-refractivity contribution in [2.45, 2.75) is 11.3 Å². The van der Waals surface area contributed by atoms with Gasteiger partial charge < -0.3 is 10.2 Å². The highest BCUT2D eigenvalue weighted by Gasteiger charge is 2.19. The summed E-state index contributed by atoms with van der Waals surface area (Å²) < 4.78 is 22.5. The Bertz CT molecular complexity index is 865. The van der Waals surface area contributed by atoms with E-state index in [0.717, 1.165) is 32.1 Å². The Morgan fingerprint density at radius 2 is 1.70 bits per heavy atom. The van der Waals surface area contributed by atoms with Gasteiger partial charge in [0.25, 0.3) is 0 Å². The molecule has 1 fully saturated rings. The lowest BCUT2D eigenvalue weighted by molar-refractivity contribution is -0.116. The van der Waals surface area contributed by atoms with Crippen LogP contribution in [0.2, 0.25) is 0 Å². The molecule has 1 saturated heterocycles. The lowest BCUT2D eigenvalue weighted by Gasteiger charge is -2.34. The molecule has 9 nitrogen and oxygen atoms in total. The van der Waals surface area contributed by atoms with Gasteiger partial charge in [-0.3, -0.25) is 9.69 Å². The maximum Gasteiger partial charge on any atom is 0.238 e. The highest BCUT2D eigenvalue weighted by atomic mass is 32.2. The molecular weight excluding hydrogens is 368 g/mol. The first kappa shape index (κ1) is 19.2. The minimum atomic E-state index is -3.73. The molecule has 3 rings (SSSR count). The van der Waals surface area contributed by atoms with E-state index in [2.05, 4.69) is 25.1 Å². The smallest absolute Gasteiger partial charge is 0.238 e. The third-order valence-electron chi connectivity index (χ3n) is 4.33. The standard InChI is InChI=1S/C17H22N6O3S/c18-27(25,26)15-4-2-14(3-5-15)21-16(24)6-9-22-10-12-23(13-11-22)17-19-7-1-8-20-17/h1-5,7-8H,6,9-13H2,(H,21,24)(H2,18,25,26). The van der Waals surface area contributed by atoms with Gasteiger partial charge >= 0.3 is 0 Å². The van der Waals surface area contributed by atoms with E-state index in [4.69, 9.17) is 5.14 Å². The molecule has 27 heavy (non-hydrogen) atoms. The van der Waals surface area contributed by atoms with E-state index in [1.54, 1.807) is 18.5 Å². The number of aromatic nitrogens is 2. The summed E-state index contributed by atoms with van der Waals surface area (Å²) in [5.41, 5.74) is 0.540. The molecule has 0 spiro atoms. The van der Waals surface area contributed by atoms with Crippen LogP contribution >= 0.6 is 0 Å². The Labute approximate surface area is 158 Å². The van der Waals surface area contributed by atoms with E-state index in [9.17, 15) is 13.2 Å². The van der Waals surface area contributed by atoms with Crippen LogP contribution in [-0.4, -0.2) is 61.9 Å². The number of rotatable bonds is 6. The first-order chi connectivity index (χ1) is 12.9. The molecule has 0 saturated carbocycles. The maximum absolute atomic E-state index is 12.1. The molecule has 1 aliphatic heterocycles. The number of benzene rings is 1. The second kappa shape index (κ2) is 8.42. The Hall–Kier alpha value is -2.56. The molecule has 1 aromatic carbocycles. The van der Waals surface area contributed by atoms with Crippen LogP contribution in [0.5, 0.6) is 0 Å². The highest BCUT2D eigenvalue weighted by molar-refractivity contribution is 7.89. The van der Waals surface area contributed by atoms with Crippen LogP contribution in [0.3, 0.4) is 0 Å². The Morgan fingerprint density at radius 3 is 2.30 bits per heavy atom. The van der Waals surface area contributed by atoms with Gasteiger partial charge in [0.15, 0.2) is 0 Å². The molecule has 1 amide bonds. The summed E-state index contributed by atoms with van der Waals surface area (Å²) in [5, 5.41) is 7.82. The molecular formula is C17H22N6O3S. The van der Waals surface area contributed by atoms with E-state index in [1.807, 2.05) is 0 Å². The number of carbonyl (C=O) groups excluding carboxylic acids is 1. The summed E-state index contributed by atoms with van der Waals surface area (Å²) in [4.78, 5) is 25.0. The van der Waals surface area contributed by atoms with E-state index < -0.39 is 10.0 Å². The molecule has 0 aliphatic carbocycles. The van der Waals surface area contributed by atoms with Crippen molar-refractivity contribution in [1.29, 1.82) is 0 Å². The lowest BCUT2D eigenvalue weighted by Crippen LogP contribution is -2.47. The van der Waals surface area contributed by atoms with Crippen molar-refractivity contribution in [3.8, 4) is 0 Å². The molecule has 2 heterocycles. The minimum Gasteiger partial charge on any atom is -0.338 e. The summed E-state index contributed by atoms with van der Waals surface area (Å²) in [6.07, 6.45) is 3.82. The van der Waals surface area contributed by atoms with Crippen LogP contribution < -0.4 is 15.4 Å². The monoisotopic (exact) mass is 390 g/mol. The third kappa shape index (κ3) is 5.46. The summed E-state index contributed by atoms with van der Waals surface area (Å²) >= 11 is 0. The summed E-state index contributed by atoms with van der Waals surface area (Å²) in [7, 11) is -3.73. The van der Waals surface area contributed by atoms with E-state index in [0.29, 0.717) is 18.7 Å². The van der Waals surface area contributed by atoms with Gasteiger partial charge in [-0.2, -0.15) is 0 Å². The van der Waals surface area contributed by atoms with Crippen molar-refractivity contribution >= 4 is 27.6 Å². The number of anilines is 2. The zero-order valence-electron chi connectivity index (χ0n) is 14.8. The molecule has 3 N–H and O–H groups in total. The van der Waals surface area contributed by atoms with Crippen LogP contribution in [0.25, 0.3) is 0 Å². The van der Waals surface area contributed by atoms with Crippen molar-refractivity contribution in [3.05, 3.63) is 42.7 Å². The van der Waals surface area contributed by atoms with Gasteiger partial charge in [-0.15, -0.1) is 0 Å². The Kier molecular flexibility index (Phi) is 5.99. The first-order valence-corrected chi connectivity index (χ1v) is 10.1. The van der Waals surface area contributed by atoms with Gasteiger partial charge in [-0.05, 0) is 30.3 Å². The maximum atomic E-state index is 12.1. The fourth-order valence-corrected chi connectivity index (χ4v) is 3.35. The molecule has 0 atom stereocenters. The average molecular weight is 390 g/mol. The zero-order chi connectivity index (χ0) is 19.3. The largest absolute Gasteiger partial charge is 0.338 e. The highest BCUT2D eigenvalue weighted by Crippen LogP contribution is 2.13. The molecule has 144 valence electrons. The molecule has 2 aromatic rings. The predicted molar refractivity (Wildman–Crippen MR) is 102 cm³/mol. The minimum absolute atomic E-state index is 0.0146. The number of nitrogens with two attached hydrogens (primary N) is 1. The SMILES string of the molecule is NS(=O)(=O)c1ccc(NC(=O)CCN2CCN(c3ncccn3)CC2)cc1. The molecule has 0 bridgehead atoms. The van der Waals surface area contributed by atoms with Gasteiger partial charge in [0.1, 0.15) is 0 Å². The average Bonchev–Trinajstić information content (AvgIpc) is 2.67. The first-order valence-electron chi connectivity index (χ1n) is 8.59. The van der Waals surface area contributed by atoms with Gasteiger partial charge in [-0.25, -0.2) is 23.5 Å². The fraction of sp³-hybridized carbons (Fsp3) is 0.353. The van der Waals surface area contributed by atoms with Crippen LogP contribution in [-0.2, 0) is 14.8 Å². The van der Waals surface area contributed by atoms with Gasteiger partial charge in [0.05, 0.1) is 4.90 Å². The predicted octanol–water partition coefficient (Wildman–Crippen LogP) is 0.275. The zero-order valence-corrected chi connectivity index (χ0v) is 15.6. The van der Waals surface area contributed by atoms with Crippen molar-refractivity contribution in [3.63, 3.8) is 0 Å². The van der Waals surface area contributed by atoms with Gasteiger partial charge in [0.2, 0.25) is 21.9 Å². The number of hydrogen-bond donors (Lipinski definition) is 2. The Balaban J connectivity index is 1.42. The van der Waals surface area contributed by atoms with Crippen molar-refractivity contribution in [2.75, 3.05) is 42.9 Å². The number of nitrogens with zero attached hydrogens (tertiary/aromatic N) is 4. The second-order valence-electron chi connectivity index (χ2n) is 6.25. The van der Waals surface area contributed by atoms with Gasteiger partial charge in [-0.1, -0.05) is 0 Å². The normalized spacial score (nSPS) is 15.5. The molecule has 0 unspecified atom stereocenters. The molecule has 0 radical (unpaired) electrons. The second-order valence-corrected chi connectivity index (χ2v) is 7.81. The number of primary sulfonamides is 1. The topological polar surface area (TPSA) is 122 Å². The molecule has 1 aliphatic rings. The van der Waals surface area contributed by atoms with Crippen molar-refractivity contribution in [2.24, 2.45) is 5.14 Å². The van der Waals surface area contributed by atoms with E-state index >= 15 is 0 Å². The van der Waals surface area contributed by atoms with E-state index in [-0.39, 0.29) is 10.8 Å². The van der Waals surface area contributed by atoms with Crippen LogP contribution in [0.4, 0.5) is 11.6 Å². The quantitative estimate of drug-likeness (QED) is 0.726. The molecule has 1 aromatic heterocycles. The van der Waals surface area contributed by atoms with E-state index in [1.165, 1.54) is 24.3 Å². The Morgan fingerprint density at radius 1 is 1.07 bits per heavy atom. The third-order valence-corrected chi connectivity index (χ3v) is 5.26. The van der Waals surface area contributed by atoms with Crippen molar-refractivity contribution < 1.29 is 13.2 Å². The van der Waals surface area contributed by atoms with Crippen LogP contribution in [0.15, 0.2) is 47.6 Å².